The molecule has 2 rings (SSSR count). The monoisotopic (exact) mass is 409 g/mol. The van der Waals surface area contributed by atoms with Gasteiger partial charge in [-0.1, -0.05) is 11.6 Å². The van der Waals surface area contributed by atoms with E-state index in [0.717, 1.165) is 12.1 Å². The number of aromatic nitrogens is 1. The van der Waals surface area contributed by atoms with E-state index >= 15 is 0 Å². The molecule has 1 aromatic carbocycles. The van der Waals surface area contributed by atoms with Crippen LogP contribution in [-0.2, 0) is 9.53 Å². The van der Waals surface area contributed by atoms with Crippen molar-refractivity contribution in [2.75, 3.05) is 19.5 Å². The Bertz CT molecular complexity index is 902. The number of nitrogens with zero attached hydrogens (tertiary/aromatic N) is 2. The maximum absolute atomic E-state index is 12.4. The standard InChI is InChI=1S/C17H16ClN3O7/c1-9(16(22)20-15-5-4-10(18)8-19-15)28-17(23)11-6-13(26-2)14(27-3)7-12(11)21(24)25/h4-9H,1-3H3,(H,19,20,22)/t9-/m0/s1. The van der Waals surface area contributed by atoms with Crippen molar-refractivity contribution in [1.29, 1.82) is 0 Å². The molecule has 11 heteroatoms. The summed E-state index contributed by atoms with van der Waals surface area (Å²) in [5.41, 5.74) is -0.929. The van der Waals surface area contributed by atoms with Gasteiger partial charge in [-0.2, -0.15) is 0 Å². The molecule has 0 unspecified atom stereocenters. The largest absolute Gasteiger partial charge is 0.493 e. The molecule has 0 fully saturated rings. The summed E-state index contributed by atoms with van der Waals surface area (Å²) >= 11 is 5.72. The number of methoxy groups -OCH3 is 2. The summed E-state index contributed by atoms with van der Waals surface area (Å²) in [6.45, 7) is 1.32. The molecule has 0 radical (unpaired) electrons. The van der Waals surface area contributed by atoms with Crippen LogP contribution in [0.4, 0.5) is 11.5 Å². The minimum absolute atomic E-state index is 0.0744. The fraction of sp³-hybridized carbons (Fsp3) is 0.235. The second-order valence-corrected chi connectivity index (χ2v) is 5.82. The van der Waals surface area contributed by atoms with Gasteiger partial charge in [0.05, 0.1) is 30.2 Å². The molecule has 0 aliphatic heterocycles. The fourth-order valence-corrected chi connectivity index (χ4v) is 2.25. The summed E-state index contributed by atoms with van der Waals surface area (Å²) in [4.78, 5) is 39.0. The van der Waals surface area contributed by atoms with Crippen molar-refractivity contribution in [1.82, 2.24) is 4.98 Å². The van der Waals surface area contributed by atoms with Gasteiger partial charge >= 0.3 is 5.97 Å². The van der Waals surface area contributed by atoms with E-state index in [4.69, 9.17) is 25.8 Å². The quantitative estimate of drug-likeness (QED) is 0.419. The molecule has 0 bridgehead atoms. The van der Waals surface area contributed by atoms with Gasteiger partial charge in [0, 0.05) is 12.3 Å². The van der Waals surface area contributed by atoms with Crippen LogP contribution in [0.5, 0.6) is 11.5 Å². The molecule has 1 heterocycles. The number of hydrogen-bond donors (Lipinski definition) is 1. The van der Waals surface area contributed by atoms with Crippen LogP contribution in [0.25, 0.3) is 0 Å². The maximum Gasteiger partial charge on any atom is 0.346 e. The average molecular weight is 410 g/mol. The zero-order chi connectivity index (χ0) is 20.8. The normalized spacial score (nSPS) is 11.3. The fourth-order valence-electron chi connectivity index (χ4n) is 2.14. The summed E-state index contributed by atoms with van der Waals surface area (Å²) in [7, 11) is 2.62. The zero-order valence-electron chi connectivity index (χ0n) is 15.1. The minimum Gasteiger partial charge on any atom is -0.493 e. The number of hydrogen-bond acceptors (Lipinski definition) is 8. The van der Waals surface area contributed by atoms with Gasteiger partial charge in [0.25, 0.3) is 11.6 Å². The number of amides is 1. The molecule has 0 aliphatic rings. The van der Waals surface area contributed by atoms with Crippen LogP contribution >= 0.6 is 11.6 Å². The van der Waals surface area contributed by atoms with Gasteiger partial charge in [-0.05, 0) is 19.1 Å². The van der Waals surface area contributed by atoms with E-state index in [1.165, 1.54) is 39.5 Å². The van der Waals surface area contributed by atoms with E-state index in [1.54, 1.807) is 0 Å². The van der Waals surface area contributed by atoms with Gasteiger partial charge in [-0.15, -0.1) is 0 Å². The van der Waals surface area contributed by atoms with Gasteiger partial charge in [0.1, 0.15) is 11.4 Å². The third kappa shape index (κ3) is 4.86. The topological polar surface area (TPSA) is 130 Å². The number of benzene rings is 1. The molecule has 1 aromatic heterocycles. The van der Waals surface area contributed by atoms with Crippen molar-refractivity contribution in [3.05, 3.63) is 51.2 Å². The highest BCUT2D eigenvalue weighted by Crippen LogP contribution is 2.35. The summed E-state index contributed by atoms with van der Waals surface area (Å²) in [6, 6.07) is 5.14. The first-order chi connectivity index (χ1) is 13.3. The Balaban J connectivity index is 2.19. The highest BCUT2D eigenvalue weighted by atomic mass is 35.5. The number of anilines is 1. The smallest absolute Gasteiger partial charge is 0.346 e. The molecule has 2 aromatic rings. The van der Waals surface area contributed by atoms with E-state index < -0.39 is 28.6 Å². The van der Waals surface area contributed by atoms with E-state index in [9.17, 15) is 19.7 Å². The number of nitro benzene ring substituents is 1. The van der Waals surface area contributed by atoms with Gasteiger partial charge < -0.3 is 19.5 Å². The Kier molecular flexibility index (Phi) is 6.72. The van der Waals surface area contributed by atoms with Gasteiger partial charge in [0.2, 0.25) is 0 Å². The lowest BCUT2D eigenvalue weighted by atomic mass is 10.1. The van der Waals surface area contributed by atoms with Gasteiger partial charge in [-0.25, -0.2) is 9.78 Å². The number of esters is 1. The Morgan fingerprint density at radius 3 is 2.39 bits per heavy atom. The molecule has 10 nitrogen and oxygen atoms in total. The first-order valence-electron chi connectivity index (χ1n) is 7.80. The van der Waals surface area contributed by atoms with E-state index in [-0.39, 0.29) is 22.9 Å². The van der Waals surface area contributed by atoms with Crippen LogP contribution in [0.3, 0.4) is 0 Å². The molecule has 0 aliphatic carbocycles. The van der Waals surface area contributed by atoms with Crippen LogP contribution in [0.2, 0.25) is 5.02 Å². The van der Waals surface area contributed by atoms with Crippen LogP contribution < -0.4 is 14.8 Å². The number of nitro groups is 1. The molecule has 1 amide bonds. The maximum atomic E-state index is 12.4. The predicted octanol–water partition coefficient (Wildman–Crippen LogP) is 2.84. The molecule has 148 valence electrons. The first-order valence-corrected chi connectivity index (χ1v) is 8.18. The third-order valence-electron chi connectivity index (χ3n) is 3.55. The Morgan fingerprint density at radius 1 is 1.21 bits per heavy atom. The lowest BCUT2D eigenvalue weighted by Crippen LogP contribution is -2.30. The lowest BCUT2D eigenvalue weighted by Gasteiger charge is -2.14. The molecule has 0 spiro atoms. The van der Waals surface area contributed by atoms with Crippen molar-refractivity contribution in [3.8, 4) is 11.5 Å². The van der Waals surface area contributed by atoms with Crippen molar-refractivity contribution < 1.29 is 28.7 Å². The number of pyridine rings is 1. The first kappa shape index (κ1) is 20.9. The molecule has 28 heavy (non-hydrogen) atoms. The van der Waals surface area contributed by atoms with Crippen LogP contribution in [0.15, 0.2) is 30.5 Å². The second kappa shape index (κ2) is 9.00. The van der Waals surface area contributed by atoms with Crippen molar-refractivity contribution in [2.24, 2.45) is 0 Å². The minimum atomic E-state index is -1.25. The van der Waals surface area contributed by atoms with Gasteiger partial charge in [-0.3, -0.25) is 14.9 Å². The van der Waals surface area contributed by atoms with Crippen molar-refractivity contribution in [3.63, 3.8) is 0 Å². The number of carbonyl (C=O) groups is 2. The SMILES string of the molecule is COc1cc(C(=O)O[C@@H](C)C(=O)Nc2ccc(Cl)cn2)c([N+](=O)[O-])cc1OC. The predicted molar refractivity (Wildman–Crippen MR) is 99.0 cm³/mol. The second-order valence-electron chi connectivity index (χ2n) is 5.38. The van der Waals surface area contributed by atoms with Crippen LogP contribution in [-0.4, -0.2) is 42.1 Å². The Morgan fingerprint density at radius 2 is 1.86 bits per heavy atom. The van der Waals surface area contributed by atoms with E-state index in [2.05, 4.69) is 10.3 Å². The lowest BCUT2D eigenvalue weighted by molar-refractivity contribution is -0.385. The Hall–Kier alpha value is -3.40. The highest BCUT2D eigenvalue weighted by Gasteiger charge is 2.28. The van der Waals surface area contributed by atoms with Gasteiger partial charge in [0.15, 0.2) is 17.6 Å². The van der Waals surface area contributed by atoms with Crippen molar-refractivity contribution in [2.45, 2.75) is 13.0 Å². The molecule has 0 saturated carbocycles. The average Bonchev–Trinajstić information content (AvgIpc) is 2.68. The number of halogens is 1. The third-order valence-corrected chi connectivity index (χ3v) is 3.77. The van der Waals surface area contributed by atoms with Crippen LogP contribution in [0.1, 0.15) is 17.3 Å². The van der Waals surface area contributed by atoms with E-state index in [1.807, 2.05) is 0 Å². The molecule has 1 N–H and O–H groups in total. The van der Waals surface area contributed by atoms with E-state index in [0.29, 0.717) is 5.02 Å². The molecular weight excluding hydrogens is 394 g/mol. The number of rotatable bonds is 7. The molecule has 1 atom stereocenters. The number of ether oxygens (including phenoxy) is 3. The number of carbonyl (C=O) groups excluding carboxylic acids is 2. The zero-order valence-corrected chi connectivity index (χ0v) is 15.9. The summed E-state index contributed by atoms with van der Waals surface area (Å²) in [6.07, 6.45) is 0.0820. The summed E-state index contributed by atoms with van der Waals surface area (Å²) in [5, 5.41) is 14.1. The molecular formula is C17H16ClN3O7. The van der Waals surface area contributed by atoms with Crippen LogP contribution in [0, 0.1) is 10.1 Å². The number of nitrogens with one attached hydrogen (secondary N) is 1. The van der Waals surface area contributed by atoms with Crippen molar-refractivity contribution >= 4 is 35.0 Å². The summed E-state index contributed by atoms with van der Waals surface area (Å²) in [5.74, 6) is -1.37. The highest BCUT2D eigenvalue weighted by molar-refractivity contribution is 6.30. The molecule has 0 saturated heterocycles. The Labute approximate surface area is 164 Å². The summed E-state index contributed by atoms with van der Waals surface area (Å²) < 4.78 is 15.1.